The fourth-order valence-corrected chi connectivity index (χ4v) is 2.53. The van der Waals surface area contributed by atoms with Crippen molar-refractivity contribution in [2.45, 2.75) is 31.3 Å². The number of carboxylic acid groups (broad SMARTS) is 1. The normalized spacial score (nSPS) is 38.3. The molecular formula is C9H15NO3. The molecule has 2 saturated heterocycles. The summed E-state index contributed by atoms with van der Waals surface area (Å²) in [4.78, 5) is 12.8. The first-order valence-corrected chi connectivity index (χ1v) is 4.85. The van der Waals surface area contributed by atoms with Crippen molar-refractivity contribution in [3.05, 3.63) is 0 Å². The van der Waals surface area contributed by atoms with E-state index in [-0.39, 0.29) is 5.60 Å². The number of hydrogen-bond donors (Lipinski definition) is 1. The lowest BCUT2D eigenvalue weighted by atomic mass is 9.84. The highest BCUT2D eigenvalue weighted by molar-refractivity contribution is 5.57. The summed E-state index contributed by atoms with van der Waals surface area (Å²) in [6, 6.07) is 0. The molecule has 2 aliphatic heterocycles. The molecule has 4 nitrogen and oxygen atoms in total. The van der Waals surface area contributed by atoms with Crippen molar-refractivity contribution in [3.63, 3.8) is 0 Å². The summed E-state index contributed by atoms with van der Waals surface area (Å²) >= 11 is 0. The summed E-state index contributed by atoms with van der Waals surface area (Å²) in [5, 5.41) is 8.63. The Morgan fingerprint density at radius 3 is 2.46 bits per heavy atom. The molecule has 0 spiro atoms. The van der Waals surface area contributed by atoms with E-state index >= 15 is 0 Å². The third-order valence-corrected chi connectivity index (χ3v) is 3.03. The highest BCUT2D eigenvalue weighted by Gasteiger charge is 2.41. The van der Waals surface area contributed by atoms with Crippen LogP contribution in [0.5, 0.6) is 0 Å². The Labute approximate surface area is 77.5 Å². The number of ether oxygens (including phenoxy) is 1. The zero-order valence-corrected chi connectivity index (χ0v) is 7.66. The molecule has 2 heterocycles. The number of nitrogens with zero attached hydrogens (tertiary/aromatic N) is 1. The lowest BCUT2D eigenvalue weighted by Gasteiger charge is -2.45. The molecule has 0 aromatic heterocycles. The molecule has 74 valence electrons. The van der Waals surface area contributed by atoms with E-state index in [9.17, 15) is 4.79 Å². The number of fused-ring (bicyclic) bond motifs is 2. The average molecular weight is 185 g/mol. The van der Waals surface area contributed by atoms with Gasteiger partial charge in [-0.15, -0.1) is 0 Å². The molecular weight excluding hydrogens is 170 g/mol. The van der Waals surface area contributed by atoms with Crippen molar-refractivity contribution in [2.75, 3.05) is 19.6 Å². The van der Waals surface area contributed by atoms with Gasteiger partial charge in [0.15, 0.2) is 0 Å². The van der Waals surface area contributed by atoms with Crippen molar-refractivity contribution in [1.82, 2.24) is 4.90 Å². The molecule has 2 bridgehead atoms. The molecule has 0 amide bonds. The summed E-state index contributed by atoms with van der Waals surface area (Å²) < 4.78 is 5.02. The van der Waals surface area contributed by atoms with Crippen LogP contribution in [0.2, 0.25) is 0 Å². The van der Waals surface area contributed by atoms with Gasteiger partial charge >= 0.3 is 6.16 Å². The maximum absolute atomic E-state index is 10.5. The molecule has 1 N–H and O–H groups in total. The number of hydrogen-bond acceptors (Lipinski definition) is 3. The average Bonchev–Trinajstić information content (AvgIpc) is 2.02. The number of piperidine rings is 2. The zero-order chi connectivity index (χ0) is 9.31. The lowest BCUT2D eigenvalue weighted by molar-refractivity contribution is -0.0866. The Hall–Kier alpha value is -0.770. The Kier molecular flexibility index (Phi) is 2.15. The Morgan fingerprint density at radius 2 is 1.92 bits per heavy atom. The standard InChI is InChI=1S/C9H15NO3/c11-8(12)13-9-3-1-5-10(7-9)6-2-4-9/h1-7H2,(H,11,12). The fraction of sp³-hybridized carbons (Fsp3) is 0.889. The van der Waals surface area contributed by atoms with Crippen LogP contribution in [0.25, 0.3) is 0 Å². The molecule has 2 rings (SSSR count). The summed E-state index contributed by atoms with van der Waals surface area (Å²) in [5.74, 6) is 0. The highest BCUT2D eigenvalue weighted by atomic mass is 16.7. The first kappa shape index (κ1) is 8.81. The third-order valence-electron chi connectivity index (χ3n) is 3.03. The zero-order valence-electron chi connectivity index (χ0n) is 7.66. The van der Waals surface area contributed by atoms with E-state index in [1.807, 2.05) is 0 Å². The fourth-order valence-electron chi connectivity index (χ4n) is 2.53. The van der Waals surface area contributed by atoms with E-state index in [0.29, 0.717) is 0 Å². The predicted octanol–water partition coefficient (Wildman–Crippen LogP) is 1.31. The van der Waals surface area contributed by atoms with Gasteiger partial charge in [-0.3, -0.25) is 4.90 Å². The maximum Gasteiger partial charge on any atom is 0.506 e. The van der Waals surface area contributed by atoms with Crippen LogP contribution in [-0.4, -0.2) is 41.4 Å². The maximum atomic E-state index is 10.5. The van der Waals surface area contributed by atoms with E-state index in [1.165, 1.54) is 0 Å². The van der Waals surface area contributed by atoms with Crippen LogP contribution in [0, 0.1) is 0 Å². The minimum atomic E-state index is -1.12. The second kappa shape index (κ2) is 3.18. The van der Waals surface area contributed by atoms with Crippen molar-refractivity contribution >= 4 is 6.16 Å². The molecule has 4 heteroatoms. The summed E-state index contributed by atoms with van der Waals surface area (Å²) in [5.41, 5.74) is -0.373. The van der Waals surface area contributed by atoms with Crippen LogP contribution in [0.1, 0.15) is 25.7 Å². The van der Waals surface area contributed by atoms with Gasteiger partial charge in [0.05, 0.1) is 0 Å². The van der Waals surface area contributed by atoms with Crippen LogP contribution in [-0.2, 0) is 4.74 Å². The Balaban J connectivity index is 2.05. The topological polar surface area (TPSA) is 49.8 Å². The number of rotatable bonds is 1. The van der Waals surface area contributed by atoms with Crippen molar-refractivity contribution in [1.29, 1.82) is 0 Å². The third kappa shape index (κ3) is 1.77. The Bertz CT molecular complexity index is 207. The van der Waals surface area contributed by atoms with E-state index in [4.69, 9.17) is 9.84 Å². The SMILES string of the molecule is O=C(O)OC12CCCN(CCC1)C2. The van der Waals surface area contributed by atoms with Gasteiger partial charge in [-0.2, -0.15) is 0 Å². The molecule has 0 aromatic carbocycles. The predicted molar refractivity (Wildman–Crippen MR) is 46.7 cm³/mol. The molecule has 2 aliphatic rings. The molecule has 0 saturated carbocycles. The highest BCUT2D eigenvalue weighted by Crippen LogP contribution is 2.33. The second-order valence-corrected chi connectivity index (χ2v) is 4.03. The van der Waals surface area contributed by atoms with Gasteiger partial charge in [0.25, 0.3) is 0 Å². The largest absolute Gasteiger partial charge is 0.506 e. The summed E-state index contributed by atoms with van der Waals surface area (Å²) in [7, 11) is 0. The van der Waals surface area contributed by atoms with E-state index in [1.54, 1.807) is 0 Å². The lowest BCUT2D eigenvalue weighted by Crippen LogP contribution is -2.54. The molecule has 0 atom stereocenters. The summed E-state index contributed by atoms with van der Waals surface area (Å²) in [6.45, 7) is 3.01. The van der Waals surface area contributed by atoms with Gasteiger partial charge in [-0.25, -0.2) is 4.79 Å². The first-order valence-electron chi connectivity index (χ1n) is 4.85. The van der Waals surface area contributed by atoms with Gasteiger partial charge in [0, 0.05) is 6.54 Å². The molecule has 13 heavy (non-hydrogen) atoms. The van der Waals surface area contributed by atoms with E-state index in [0.717, 1.165) is 45.3 Å². The molecule has 0 unspecified atom stereocenters. The van der Waals surface area contributed by atoms with E-state index in [2.05, 4.69) is 4.90 Å². The monoisotopic (exact) mass is 185 g/mol. The molecule has 0 radical (unpaired) electrons. The second-order valence-electron chi connectivity index (χ2n) is 4.03. The molecule has 2 fully saturated rings. The van der Waals surface area contributed by atoms with E-state index < -0.39 is 6.16 Å². The van der Waals surface area contributed by atoms with Crippen molar-refractivity contribution < 1.29 is 14.6 Å². The van der Waals surface area contributed by atoms with Gasteiger partial charge in [0.1, 0.15) is 5.60 Å². The van der Waals surface area contributed by atoms with Crippen LogP contribution >= 0.6 is 0 Å². The minimum absolute atomic E-state index is 0.373. The smallest absolute Gasteiger partial charge is 0.450 e. The van der Waals surface area contributed by atoms with Crippen molar-refractivity contribution in [3.8, 4) is 0 Å². The molecule has 0 aromatic rings. The molecule has 0 aliphatic carbocycles. The number of carbonyl (C=O) groups is 1. The van der Waals surface area contributed by atoms with Crippen LogP contribution in [0.3, 0.4) is 0 Å². The quantitative estimate of drug-likeness (QED) is 0.626. The first-order chi connectivity index (χ1) is 6.20. The van der Waals surface area contributed by atoms with Gasteiger partial charge in [-0.05, 0) is 38.8 Å². The van der Waals surface area contributed by atoms with Gasteiger partial charge < -0.3 is 9.84 Å². The van der Waals surface area contributed by atoms with Gasteiger partial charge in [0.2, 0.25) is 0 Å². The van der Waals surface area contributed by atoms with Crippen molar-refractivity contribution in [2.24, 2.45) is 0 Å². The van der Waals surface area contributed by atoms with Crippen LogP contribution in [0.15, 0.2) is 0 Å². The minimum Gasteiger partial charge on any atom is -0.450 e. The van der Waals surface area contributed by atoms with Crippen LogP contribution in [0.4, 0.5) is 4.79 Å². The summed E-state index contributed by atoms with van der Waals surface area (Å²) in [6.07, 6.45) is 2.80. The Morgan fingerprint density at radius 1 is 1.31 bits per heavy atom. The van der Waals surface area contributed by atoms with Gasteiger partial charge in [-0.1, -0.05) is 0 Å². The van der Waals surface area contributed by atoms with Crippen LogP contribution < -0.4 is 0 Å².